The van der Waals surface area contributed by atoms with Gasteiger partial charge in [0, 0.05) is 32.7 Å². The molecule has 0 aromatic heterocycles. The Balaban J connectivity index is 1.93. The summed E-state index contributed by atoms with van der Waals surface area (Å²) in [5, 5.41) is 0. The zero-order valence-corrected chi connectivity index (χ0v) is 11.9. The van der Waals surface area contributed by atoms with Crippen LogP contribution in [0, 0.1) is 12.7 Å². The summed E-state index contributed by atoms with van der Waals surface area (Å²) in [5.74, 6) is -0.145. The van der Waals surface area contributed by atoms with Gasteiger partial charge in [0.25, 0.3) is 0 Å². The van der Waals surface area contributed by atoms with Crippen LogP contribution in [0.25, 0.3) is 0 Å². The normalized spacial score (nSPS) is 17.1. The number of aryl methyl sites for hydroxylation is 1. The lowest BCUT2D eigenvalue weighted by Crippen LogP contribution is -2.38. The van der Waals surface area contributed by atoms with Crippen molar-refractivity contribution in [3.05, 3.63) is 35.1 Å². The number of hydrogen-bond donors (Lipinski definition) is 1. The van der Waals surface area contributed by atoms with E-state index in [0.717, 1.165) is 44.7 Å². The van der Waals surface area contributed by atoms with Crippen molar-refractivity contribution in [1.82, 2.24) is 9.80 Å². The third-order valence-electron chi connectivity index (χ3n) is 3.74. The third kappa shape index (κ3) is 3.77. The molecule has 2 rings (SSSR count). The maximum Gasteiger partial charge on any atom is 0.236 e. The first-order valence-corrected chi connectivity index (χ1v) is 7.05. The third-order valence-corrected chi connectivity index (χ3v) is 3.74. The fourth-order valence-corrected chi connectivity index (χ4v) is 2.57. The van der Waals surface area contributed by atoms with Crippen molar-refractivity contribution >= 4 is 5.91 Å². The van der Waals surface area contributed by atoms with E-state index in [-0.39, 0.29) is 18.3 Å². The Kier molecular flexibility index (Phi) is 5.09. The minimum absolute atomic E-state index is 0.0180. The Morgan fingerprint density at radius 3 is 2.80 bits per heavy atom. The average molecular weight is 279 g/mol. The average Bonchev–Trinajstić information content (AvgIpc) is 2.68. The van der Waals surface area contributed by atoms with Crippen molar-refractivity contribution in [2.75, 3.05) is 32.7 Å². The summed E-state index contributed by atoms with van der Waals surface area (Å²) in [5.41, 5.74) is 7.19. The summed E-state index contributed by atoms with van der Waals surface area (Å²) in [6.07, 6.45) is 0.950. The SMILES string of the molecule is Cc1cc(CN2CCCN(C(=O)CN)CC2)ccc1F. The molecule has 1 fully saturated rings. The molecule has 1 aliphatic rings. The molecule has 1 heterocycles. The number of carbonyl (C=O) groups excluding carboxylic acids is 1. The van der Waals surface area contributed by atoms with Gasteiger partial charge in [0.15, 0.2) is 0 Å². The number of nitrogens with two attached hydrogens (primary N) is 1. The molecule has 1 saturated heterocycles. The molecular formula is C15H22FN3O. The predicted octanol–water partition coefficient (Wildman–Crippen LogP) is 1.13. The van der Waals surface area contributed by atoms with Crippen molar-refractivity contribution in [2.24, 2.45) is 5.73 Å². The first-order valence-electron chi connectivity index (χ1n) is 7.05. The van der Waals surface area contributed by atoms with Crippen LogP contribution >= 0.6 is 0 Å². The van der Waals surface area contributed by atoms with Crippen LogP contribution in [-0.4, -0.2) is 48.4 Å². The number of rotatable bonds is 3. The molecule has 0 aliphatic carbocycles. The van der Waals surface area contributed by atoms with Gasteiger partial charge in [0.05, 0.1) is 6.54 Å². The van der Waals surface area contributed by atoms with Crippen LogP contribution in [0.3, 0.4) is 0 Å². The molecule has 0 unspecified atom stereocenters. The Hall–Kier alpha value is -1.46. The molecule has 0 atom stereocenters. The van der Waals surface area contributed by atoms with Crippen LogP contribution in [-0.2, 0) is 11.3 Å². The molecule has 0 saturated carbocycles. The molecule has 0 bridgehead atoms. The summed E-state index contributed by atoms with van der Waals surface area (Å²) < 4.78 is 13.3. The highest BCUT2D eigenvalue weighted by Gasteiger charge is 2.18. The molecule has 20 heavy (non-hydrogen) atoms. The Bertz CT molecular complexity index is 478. The van der Waals surface area contributed by atoms with E-state index in [9.17, 15) is 9.18 Å². The van der Waals surface area contributed by atoms with E-state index in [1.807, 2.05) is 17.0 Å². The smallest absolute Gasteiger partial charge is 0.236 e. The first-order chi connectivity index (χ1) is 9.60. The fourth-order valence-electron chi connectivity index (χ4n) is 2.57. The molecule has 0 radical (unpaired) electrons. The monoisotopic (exact) mass is 279 g/mol. The van der Waals surface area contributed by atoms with E-state index in [1.54, 1.807) is 6.92 Å². The van der Waals surface area contributed by atoms with Crippen molar-refractivity contribution in [2.45, 2.75) is 19.9 Å². The minimum atomic E-state index is -0.163. The molecule has 5 heteroatoms. The lowest BCUT2D eigenvalue weighted by molar-refractivity contribution is -0.129. The highest BCUT2D eigenvalue weighted by atomic mass is 19.1. The Morgan fingerprint density at radius 1 is 1.30 bits per heavy atom. The van der Waals surface area contributed by atoms with Crippen molar-refractivity contribution in [1.29, 1.82) is 0 Å². The quantitative estimate of drug-likeness (QED) is 0.902. The van der Waals surface area contributed by atoms with Gasteiger partial charge in [-0.15, -0.1) is 0 Å². The van der Waals surface area contributed by atoms with E-state index in [0.29, 0.717) is 5.56 Å². The van der Waals surface area contributed by atoms with Crippen molar-refractivity contribution in [3.8, 4) is 0 Å². The maximum absolute atomic E-state index is 13.3. The molecule has 2 N–H and O–H groups in total. The summed E-state index contributed by atoms with van der Waals surface area (Å²) in [7, 11) is 0. The highest BCUT2D eigenvalue weighted by Crippen LogP contribution is 2.13. The van der Waals surface area contributed by atoms with Gasteiger partial charge in [0.2, 0.25) is 5.91 Å². The minimum Gasteiger partial charge on any atom is -0.340 e. The Labute approximate surface area is 119 Å². The van der Waals surface area contributed by atoms with Gasteiger partial charge in [-0.25, -0.2) is 4.39 Å². The van der Waals surface area contributed by atoms with E-state index in [2.05, 4.69) is 4.90 Å². The Morgan fingerprint density at radius 2 is 2.10 bits per heavy atom. The first kappa shape index (κ1) is 14.9. The lowest BCUT2D eigenvalue weighted by atomic mass is 10.1. The molecule has 110 valence electrons. The molecule has 4 nitrogen and oxygen atoms in total. The second-order valence-electron chi connectivity index (χ2n) is 5.30. The lowest BCUT2D eigenvalue weighted by Gasteiger charge is -2.21. The topological polar surface area (TPSA) is 49.6 Å². The number of benzene rings is 1. The second kappa shape index (κ2) is 6.81. The van der Waals surface area contributed by atoms with Crippen LogP contribution in [0.2, 0.25) is 0 Å². The van der Waals surface area contributed by atoms with E-state index in [1.165, 1.54) is 6.07 Å². The number of nitrogens with zero attached hydrogens (tertiary/aromatic N) is 2. The van der Waals surface area contributed by atoms with E-state index in [4.69, 9.17) is 5.73 Å². The van der Waals surface area contributed by atoms with Gasteiger partial charge in [-0.2, -0.15) is 0 Å². The predicted molar refractivity (Wildman–Crippen MR) is 76.7 cm³/mol. The van der Waals surface area contributed by atoms with Crippen molar-refractivity contribution in [3.63, 3.8) is 0 Å². The molecule has 1 amide bonds. The molecule has 1 aromatic rings. The van der Waals surface area contributed by atoms with Crippen LogP contribution in [0.5, 0.6) is 0 Å². The van der Waals surface area contributed by atoms with E-state index < -0.39 is 0 Å². The number of halogens is 1. The summed E-state index contributed by atoms with van der Waals surface area (Å²) in [6.45, 7) is 5.93. The highest BCUT2D eigenvalue weighted by molar-refractivity contribution is 5.78. The molecule has 1 aliphatic heterocycles. The van der Waals surface area contributed by atoms with Crippen molar-refractivity contribution < 1.29 is 9.18 Å². The second-order valence-corrected chi connectivity index (χ2v) is 5.30. The fraction of sp³-hybridized carbons (Fsp3) is 0.533. The van der Waals surface area contributed by atoms with Gasteiger partial charge in [-0.05, 0) is 30.5 Å². The van der Waals surface area contributed by atoms with Crippen LogP contribution < -0.4 is 5.73 Å². The molecule has 1 aromatic carbocycles. The van der Waals surface area contributed by atoms with Gasteiger partial charge in [-0.1, -0.05) is 12.1 Å². The van der Waals surface area contributed by atoms with Crippen LogP contribution in [0.1, 0.15) is 17.5 Å². The standard InChI is InChI=1S/C15H22FN3O/c1-12-9-13(3-4-14(12)16)11-18-5-2-6-19(8-7-18)15(20)10-17/h3-4,9H,2,5-8,10-11,17H2,1H3. The van der Waals surface area contributed by atoms with Gasteiger partial charge >= 0.3 is 0 Å². The maximum atomic E-state index is 13.3. The zero-order chi connectivity index (χ0) is 14.5. The number of hydrogen-bond acceptors (Lipinski definition) is 3. The summed E-state index contributed by atoms with van der Waals surface area (Å²) >= 11 is 0. The van der Waals surface area contributed by atoms with E-state index >= 15 is 0 Å². The number of carbonyl (C=O) groups is 1. The van der Waals surface area contributed by atoms with Gasteiger partial charge in [-0.3, -0.25) is 9.69 Å². The van der Waals surface area contributed by atoms with Gasteiger partial charge in [0.1, 0.15) is 5.82 Å². The summed E-state index contributed by atoms with van der Waals surface area (Å²) in [6, 6.07) is 5.24. The van der Waals surface area contributed by atoms with Crippen LogP contribution in [0.4, 0.5) is 4.39 Å². The largest absolute Gasteiger partial charge is 0.340 e. The number of amides is 1. The molecular weight excluding hydrogens is 257 g/mol. The van der Waals surface area contributed by atoms with Gasteiger partial charge < -0.3 is 10.6 Å². The zero-order valence-electron chi connectivity index (χ0n) is 11.9. The van der Waals surface area contributed by atoms with Crippen LogP contribution in [0.15, 0.2) is 18.2 Å². The molecule has 0 spiro atoms. The summed E-state index contributed by atoms with van der Waals surface area (Å²) in [4.78, 5) is 15.7.